The third-order valence-electron chi connectivity index (χ3n) is 2.93. The number of carboxylic acids is 2. The minimum Gasteiger partial charge on any atom is -0.482 e. The van der Waals surface area contributed by atoms with Crippen molar-refractivity contribution in [2.24, 2.45) is 0 Å². The molecule has 2 rings (SSSR count). The summed E-state index contributed by atoms with van der Waals surface area (Å²) in [6.45, 7) is 0.754. The molecule has 0 bridgehead atoms. The highest BCUT2D eigenvalue weighted by molar-refractivity contribution is 6.30. The number of rotatable bonds is 10. The molecule has 0 aliphatic heterocycles. The van der Waals surface area contributed by atoms with Crippen molar-refractivity contribution in [2.75, 3.05) is 39.5 Å². The molecule has 0 saturated carbocycles. The van der Waals surface area contributed by atoms with Gasteiger partial charge in [-0.05, 0) is 48.5 Å². The SMILES string of the molecule is O=C(O)COc1ccc(Cl)cc1.O=C(O)COc1ccc(Cl)cc1.OCCNCCO. The Morgan fingerprint density at radius 2 is 1.03 bits per heavy atom. The third-order valence-corrected chi connectivity index (χ3v) is 3.43. The van der Waals surface area contributed by atoms with Gasteiger partial charge in [0.2, 0.25) is 0 Å². The van der Waals surface area contributed by atoms with Crippen LogP contribution in [0, 0.1) is 0 Å². The molecule has 2 aromatic carbocycles. The minimum absolute atomic E-state index is 0.139. The number of aliphatic hydroxyl groups excluding tert-OH is 2. The normalized spacial score (nSPS) is 9.42. The van der Waals surface area contributed by atoms with Gasteiger partial charge >= 0.3 is 11.9 Å². The van der Waals surface area contributed by atoms with Gasteiger partial charge in [0.15, 0.2) is 13.2 Å². The molecule has 0 aliphatic carbocycles. The summed E-state index contributed by atoms with van der Waals surface area (Å²) in [5, 5.41) is 36.8. The van der Waals surface area contributed by atoms with Crippen molar-refractivity contribution < 1.29 is 39.5 Å². The average molecular weight is 478 g/mol. The van der Waals surface area contributed by atoms with E-state index in [-0.39, 0.29) is 26.4 Å². The molecule has 0 unspecified atom stereocenters. The smallest absolute Gasteiger partial charge is 0.341 e. The number of carboxylic acid groups (broad SMARTS) is 2. The van der Waals surface area contributed by atoms with Gasteiger partial charge in [-0.15, -0.1) is 0 Å². The van der Waals surface area contributed by atoms with E-state index < -0.39 is 11.9 Å². The van der Waals surface area contributed by atoms with E-state index in [0.29, 0.717) is 34.6 Å². The Balaban J connectivity index is 0.000000454. The van der Waals surface area contributed by atoms with Crippen LogP contribution >= 0.6 is 23.2 Å². The van der Waals surface area contributed by atoms with Crippen LogP contribution < -0.4 is 14.8 Å². The van der Waals surface area contributed by atoms with E-state index in [1.54, 1.807) is 48.5 Å². The van der Waals surface area contributed by atoms with Gasteiger partial charge in [0.1, 0.15) is 11.5 Å². The Hall–Kier alpha value is -2.56. The molecule has 0 spiro atoms. The Labute approximate surface area is 189 Å². The number of ether oxygens (including phenoxy) is 2. The summed E-state index contributed by atoms with van der Waals surface area (Å²) in [6.07, 6.45) is 0. The Bertz CT molecular complexity index is 678. The molecule has 11 heteroatoms. The first-order chi connectivity index (χ1) is 14.8. The lowest BCUT2D eigenvalue weighted by molar-refractivity contribution is -0.140. The lowest BCUT2D eigenvalue weighted by atomic mass is 10.3. The van der Waals surface area contributed by atoms with E-state index in [9.17, 15) is 9.59 Å². The van der Waals surface area contributed by atoms with Crippen molar-refractivity contribution in [1.29, 1.82) is 0 Å². The zero-order valence-electron chi connectivity index (χ0n) is 16.5. The second-order valence-corrected chi connectivity index (χ2v) is 6.34. The first-order valence-corrected chi connectivity index (χ1v) is 9.66. The second kappa shape index (κ2) is 18.2. The van der Waals surface area contributed by atoms with Crippen LogP contribution in [0.5, 0.6) is 11.5 Å². The van der Waals surface area contributed by atoms with E-state index in [4.69, 9.17) is 53.1 Å². The fourth-order valence-corrected chi connectivity index (χ4v) is 1.89. The van der Waals surface area contributed by atoms with Gasteiger partial charge in [0.05, 0.1) is 13.2 Å². The summed E-state index contributed by atoms with van der Waals surface area (Å²) in [5.41, 5.74) is 0. The van der Waals surface area contributed by atoms with E-state index in [0.717, 1.165) is 0 Å². The number of aliphatic hydroxyl groups is 2. The van der Waals surface area contributed by atoms with Crippen LogP contribution in [-0.2, 0) is 9.59 Å². The molecule has 0 atom stereocenters. The summed E-state index contributed by atoms with van der Waals surface area (Å²) in [4.78, 5) is 20.2. The molecule has 0 radical (unpaired) electrons. The number of hydrogen-bond acceptors (Lipinski definition) is 7. The average Bonchev–Trinajstić information content (AvgIpc) is 2.74. The predicted octanol–water partition coefficient (Wildman–Crippen LogP) is 2.17. The van der Waals surface area contributed by atoms with E-state index in [2.05, 4.69) is 5.32 Å². The van der Waals surface area contributed by atoms with Crippen LogP contribution in [0.1, 0.15) is 0 Å². The molecule has 0 saturated heterocycles. The highest BCUT2D eigenvalue weighted by atomic mass is 35.5. The van der Waals surface area contributed by atoms with Gasteiger partial charge in [-0.3, -0.25) is 0 Å². The lowest BCUT2D eigenvalue weighted by Crippen LogP contribution is -2.21. The van der Waals surface area contributed by atoms with Gasteiger partial charge in [-0.2, -0.15) is 0 Å². The lowest BCUT2D eigenvalue weighted by Gasteiger charge is -2.01. The third kappa shape index (κ3) is 18.0. The summed E-state index contributed by atoms with van der Waals surface area (Å²) in [5.74, 6) is -0.987. The standard InChI is InChI=1S/2C8H7ClO3.C4H11NO2/c2*9-6-1-3-7(4-2-6)12-5-8(10)11;6-3-1-5-2-4-7/h2*1-4H,5H2,(H,10,11);5-7H,1-4H2. The zero-order chi connectivity index (χ0) is 23.5. The van der Waals surface area contributed by atoms with Crippen molar-refractivity contribution in [3.63, 3.8) is 0 Å². The fourth-order valence-electron chi connectivity index (χ4n) is 1.63. The number of halogens is 2. The van der Waals surface area contributed by atoms with Crippen molar-refractivity contribution in [2.45, 2.75) is 0 Å². The molecule has 0 aliphatic rings. The van der Waals surface area contributed by atoms with Crippen molar-refractivity contribution in [3.8, 4) is 11.5 Å². The molecule has 2 aromatic rings. The Kier molecular flexibility index (Phi) is 16.7. The predicted molar refractivity (Wildman–Crippen MR) is 116 cm³/mol. The van der Waals surface area contributed by atoms with E-state index in [1.165, 1.54) is 0 Å². The number of nitrogens with one attached hydrogen (secondary N) is 1. The van der Waals surface area contributed by atoms with Crippen molar-refractivity contribution in [3.05, 3.63) is 58.6 Å². The molecule has 0 fully saturated rings. The molecule has 0 heterocycles. The molecule has 172 valence electrons. The van der Waals surface area contributed by atoms with Gasteiger partial charge in [0.25, 0.3) is 0 Å². The minimum atomic E-state index is -0.995. The quantitative estimate of drug-likeness (QED) is 0.324. The largest absolute Gasteiger partial charge is 0.482 e. The maximum Gasteiger partial charge on any atom is 0.341 e. The number of hydrogen-bond donors (Lipinski definition) is 5. The number of benzene rings is 2. The molecule has 31 heavy (non-hydrogen) atoms. The molecule has 5 N–H and O–H groups in total. The molecular weight excluding hydrogens is 453 g/mol. The molecule has 0 aromatic heterocycles. The summed E-state index contributed by atoms with van der Waals surface area (Å²) in [7, 11) is 0. The number of carbonyl (C=O) groups is 2. The van der Waals surface area contributed by atoms with Crippen molar-refractivity contribution >= 4 is 35.1 Å². The monoisotopic (exact) mass is 477 g/mol. The molecule has 9 nitrogen and oxygen atoms in total. The van der Waals surface area contributed by atoms with Gasteiger partial charge in [-0.1, -0.05) is 23.2 Å². The fraction of sp³-hybridized carbons (Fsp3) is 0.300. The maximum atomic E-state index is 10.1. The Morgan fingerprint density at radius 3 is 1.29 bits per heavy atom. The topological polar surface area (TPSA) is 146 Å². The zero-order valence-corrected chi connectivity index (χ0v) is 18.1. The van der Waals surface area contributed by atoms with Crippen LogP contribution in [0.3, 0.4) is 0 Å². The second-order valence-electron chi connectivity index (χ2n) is 5.47. The van der Waals surface area contributed by atoms with Gasteiger partial charge < -0.3 is 35.2 Å². The van der Waals surface area contributed by atoms with Crippen molar-refractivity contribution in [1.82, 2.24) is 5.32 Å². The van der Waals surface area contributed by atoms with Gasteiger partial charge in [-0.25, -0.2) is 9.59 Å². The van der Waals surface area contributed by atoms with Crippen LogP contribution in [0.2, 0.25) is 10.0 Å². The highest BCUT2D eigenvalue weighted by Gasteiger charge is 1.98. The highest BCUT2D eigenvalue weighted by Crippen LogP contribution is 2.15. The maximum absolute atomic E-state index is 10.1. The van der Waals surface area contributed by atoms with Crippen LogP contribution in [0.25, 0.3) is 0 Å². The van der Waals surface area contributed by atoms with Crippen LogP contribution in [0.4, 0.5) is 0 Å². The Morgan fingerprint density at radius 1 is 0.710 bits per heavy atom. The van der Waals surface area contributed by atoms with Gasteiger partial charge in [0, 0.05) is 23.1 Å². The first-order valence-electron chi connectivity index (χ1n) is 8.91. The van der Waals surface area contributed by atoms with Crippen LogP contribution in [-0.4, -0.2) is 71.9 Å². The summed E-state index contributed by atoms with van der Waals surface area (Å²) in [6, 6.07) is 13.0. The summed E-state index contributed by atoms with van der Waals surface area (Å²) >= 11 is 11.2. The first kappa shape index (κ1) is 28.4. The van der Waals surface area contributed by atoms with E-state index >= 15 is 0 Å². The molecular formula is C20H25Cl2NO8. The molecule has 0 amide bonds. The summed E-state index contributed by atoms with van der Waals surface area (Å²) < 4.78 is 9.73. The number of aliphatic carboxylic acids is 2. The van der Waals surface area contributed by atoms with Crippen LogP contribution in [0.15, 0.2) is 48.5 Å². The van der Waals surface area contributed by atoms with E-state index in [1.807, 2.05) is 0 Å².